The minimum absolute atomic E-state index is 0.145. The van der Waals surface area contributed by atoms with Gasteiger partial charge in [-0.25, -0.2) is 4.98 Å². The van der Waals surface area contributed by atoms with Crippen LogP contribution >= 0.6 is 11.3 Å². The van der Waals surface area contributed by atoms with Gasteiger partial charge in [0.2, 0.25) is 5.91 Å². The lowest BCUT2D eigenvalue weighted by molar-refractivity contribution is -0.119. The lowest BCUT2D eigenvalue weighted by Gasteiger charge is -2.22. The van der Waals surface area contributed by atoms with Crippen LogP contribution < -0.4 is 4.90 Å². The van der Waals surface area contributed by atoms with Crippen molar-refractivity contribution in [2.45, 2.75) is 52.6 Å². The summed E-state index contributed by atoms with van der Waals surface area (Å²) in [5.41, 5.74) is 3.48. The molecule has 1 aliphatic rings. The highest BCUT2D eigenvalue weighted by Crippen LogP contribution is 2.32. The highest BCUT2D eigenvalue weighted by atomic mass is 32.1. The van der Waals surface area contributed by atoms with Crippen LogP contribution in [0.5, 0.6) is 0 Å². The van der Waals surface area contributed by atoms with Crippen LogP contribution in [0.4, 0.5) is 5.13 Å². The van der Waals surface area contributed by atoms with Crippen LogP contribution in [0.25, 0.3) is 10.2 Å². The zero-order chi connectivity index (χ0) is 16.4. The molecule has 1 amide bonds. The summed E-state index contributed by atoms with van der Waals surface area (Å²) in [6.07, 6.45) is 3.66. The van der Waals surface area contributed by atoms with Crippen molar-refractivity contribution in [3.63, 3.8) is 0 Å². The van der Waals surface area contributed by atoms with Crippen molar-refractivity contribution in [1.29, 1.82) is 0 Å². The molecule has 5 heteroatoms. The van der Waals surface area contributed by atoms with Crippen molar-refractivity contribution in [1.82, 2.24) is 4.98 Å². The summed E-state index contributed by atoms with van der Waals surface area (Å²) >= 11 is 1.60. The molecule has 0 aliphatic carbocycles. The Balaban J connectivity index is 1.92. The summed E-state index contributed by atoms with van der Waals surface area (Å²) in [7, 11) is 0. The topological polar surface area (TPSA) is 42.4 Å². The van der Waals surface area contributed by atoms with Crippen LogP contribution in [0.2, 0.25) is 0 Å². The summed E-state index contributed by atoms with van der Waals surface area (Å²) in [6, 6.07) is 4.28. The summed E-state index contributed by atoms with van der Waals surface area (Å²) < 4.78 is 6.87. The standard InChI is InChI=1S/C18H24N2O2S/c1-4-6-17(21)20(11-14-7-5-8-22-14)18-19-15-9-12(2)13(3)10-16(15)23-18/h9-10,14H,4-8,11H2,1-3H3. The Kier molecular flexibility index (Phi) is 4.97. The van der Waals surface area contributed by atoms with E-state index in [-0.39, 0.29) is 12.0 Å². The monoisotopic (exact) mass is 332 g/mol. The molecule has 0 spiro atoms. The fourth-order valence-corrected chi connectivity index (χ4v) is 3.98. The maximum absolute atomic E-state index is 12.6. The normalized spacial score (nSPS) is 17.8. The SMILES string of the molecule is CCCC(=O)N(CC1CCCO1)c1nc2cc(C)c(C)cc2s1. The molecule has 0 N–H and O–H groups in total. The van der Waals surface area contributed by atoms with E-state index in [0.29, 0.717) is 13.0 Å². The van der Waals surface area contributed by atoms with E-state index in [1.54, 1.807) is 11.3 Å². The number of anilines is 1. The van der Waals surface area contributed by atoms with E-state index in [1.807, 2.05) is 11.8 Å². The third-order valence-corrected chi connectivity index (χ3v) is 5.44. The Hall–Kier alpha value is -1.46. The Bertz CT molecular complexity index is 665. The number of carbonyl (C=O) groups excluding carboxylic acids is 1. The number of amides is 1. The molecule has 1 aliphatic heterocycles. The van der Waals surface area contributed by atoms with Gasteiger partial charge in [0, 0.05) is 13.0 Å². The maximum Gasteiger partial charge on any atom is 0.228 e. The second kappa shape index (κ2) is 6.97. The van der Waals surface area contributed by atoms with Crippen LogP contribution in [0.1, 0.15) is 43.7 Å². The van der Waals surface area contributed by atoms with Crippen LogP contribution in [-0.4, -0.2) is 30.1 Å². The van der Waals surface area contributed by atoms with Crippen molar-refractivity contribution in [3.05, 3.63) is 23.3 Å². The van der Waals surface area contributed by atoms with Gasteiger partial charge in [0.05, 0.1) is 22.9 Å². The molecule has 1 fully saturated rings. The van der Waals surface area contributed by atoms with E-state index in [1.165, 1.54) is 11.1 Å². The Morgan fingerprint density at radius 1 is 1.39 bits per heavy atom. The first-order valence-electron chi connectivity index (χ1n) is 8.38. The molecule has 2 heterocycles. The van der Waals surface area contributed by atoms with Gasteiger partial charge >= 0.3 is 0 Å². The van der Waals surface area contributed by atoms with Crippen molar-refractivity contribution >= 4 is 32.6 Å². The van der Waals surface area contributed by atoms with E-state index in [4.69, 9.17) is 9.72 Å². The van der Waals surface area contributed by atoms with E-state index < -0.39 is 0 Å². The van der Waals surface area contributed by atoms with Gasteiger partial charge in [-0.1, -0.05) is 18.3 Å². The number of aryl methyl sites for hydroxylation is 2. The first-order chi connectivity index (χ1) is 11.1. The number of nitrogens with zero attached hydrogens (tertiary/aromatic N) is 2. The van der Waals surface area contributed by atoms with Crippen molar-refractivity contribution in [2.75, 3.05) is 18.1 Å². The molecule has 0 radical (unpaired) electrons. The molecule has 4 nitrogen and oxygen atoms in total. The zero-order valence-corrected chi connectivity index (χ0v) is 14.9. The molecule has 1 atom stereocenters. The Labute approximate surface area is 141 Å². The van der Waals surface area contributed by atoms with E-state index in [9.17, 15) is 4.79 Å². The molecule has 3 rings (SSSR count). The smallest absolute Gasteiger partial charge is 0.228 e. The average Bonchev–Trinajstić information content (AvgIpc) is 3.14. The summed E-state index contributed by atoms with van der Waals surface area (Å²) in [5.74, 6) is 0.149. The molecule has 23 heavy (non-hydrogen) atoms. The summed E-state index contributed by atoms with van der Waals surface area (Å²) in [4.78, 5) is 19.1. The van der Waals surface area contributed by atoms with Crippen LogP contribution in [0.15, 0.2) is 12.1 Å². The van der Waals surface area contributed by atoms with Gasteiger partial charge in [0.25, 0.3) is 0 Å². The van der Waals surface area contributed by atoms with E-state index >= 15 is 0 Å². The first kappa shape index (κ1) is 16.4. The number of hydrogen-bond acceptors (Lipinski definition) is 4. The van der Waals surface area contributed by atoms with Gasteiger partial charge in [0.15, 0.2) is 5.13 Å². The van der Waals surface area contributed by atoms with Crippen molar-refractivity contribution < 1.29 is 9.53 Å². The van der Waals surface area contributed by atoms with Gasteiger partial charge in [-0.3, -0.25) is 9.69 Å². The average molecular weight is 332 g/mol. The minimum atomic E-state index is 0.145. The summed E-state index contributed by atoms with van der Waals surface area (Å²) in [6.45, 7) is 7.67. The molecule has 0 bridgehead atoms. The highest BCUT2D eigenvalue weighted by Gasteiger charge is 2.25. The maximum atomic E-state index is 12.6. The van der Waals surface area contributed by atoms with E-state index in [0.717, 1.165) is 41.2 Å². The third-order valence-electron chi connectivity index (χ3n) is 4.40. The molecule has 124 valence electrons. The number of hydrogen-bond donors (Lipinski definition) is 0. The third kappa shape index (κ3) is 3.56. The molecular weight excluding hydrogens is 308 g/mol. The Morgan fingerprint density at radius 2 is 2.17 bits per heavy atom. The van der Waals surface area contributed by atoms with Gasteiger partial charge in [-0.2, -0.15) is 0 Å². The van der Waals surface area contributed by atoms with Gasteiger partial charge < -0.3 is 4.74 Å². The van der Waals surface area contributed by atoms with Gasteiger partial charge in [-0.05, 0) is 56.4 Å². The van der Waals surface area contributed by atoms with Crippen molar-refractivity contribution in [2.24, 2.45) is 0 Å². The highest BCUT2D eigenvalue weighted by molar-refractivity contribution is 7.22. The van der Waals surface area contributed by atoms with Gasteiger partial charge in [-0.15, -0.1) is 0 Å². The second-order valence-corrected chi connectivity index (χ2v) is 7.30. The molecular formula is C18H24N2O2S. The number of ether oxygens (including phenoxy) is 1. The van der Waals surface area contributed by atoms with Gasteiger partial charge in [0.1, 0.15) is 0 Å². The van der Waals surface area contributed by atoms with Crippen LogP contribution in [0, 0.1) is 13.8 Å². The van der Waals surface area contributed by atoms with Crippen molar-refractivity contribution in [3.8, 4) is 0 Å². The summed E-state index contributed by atoms with van der Waals surface area (Å²) in [5, 5.41) is 0.805. The lowest BCUT2D eigenvalue weighted by atomic mass is 10.1. The quantitative estimate of drug-likeness (QED) is 0.823. The number of aromatic nitrogens is 1. The number of carbonyl (C=O) groups is 1. The number of fused-ring (bicyclic) bond motifs is 1. The number of benzene rings is 1. The molecule has 2 aromatic rings. The fourth-order valence-electron chi connectivity index (χ4n) is 2.91. The second-order valence-electron chi connectivity index (χ2n) is 6.29. The lowest BCUT2D eigenvalue weighted by Crippen LogP contribution is -2.37. The predicted octanol–water partition coefficient (Wildman–Crippen LogP) is 4.23. The zero-order valence-electron chi connectivity index (χ0n) is 14.1. The molecule has 0 saturated carbocycles. The molecule has 1 aromatic heterocycles. The van der Waals surface area contributed by atoms with Crippen LogP contribution in [-0.2, 0) is 9.53 Å². The van der Waals surface area contributed by atoms with E-state index in [2.05, 4.69) is 26.0 Å². The first-order valence-corrected chi connectivity index (χ1v) is 9.20. The molecule has 1 saturated heterocycles. The minimum Gasteiger partial charge on any atom is -0.376 e. The largest absolute Gasteiger partial charge is 0.376 e. The molecule has 1 unspecified atom stereocenters. The van der Waals surface area contributed by atoms with Crippen LogP contribution in [0.3, 0.4) is 0 Å². The Morgan fingerprint density at radius 3 is 2.87 bits per heavy atom. The number of rotatable bonds is 5. The fraction of sp³-hybridized carbons (Fsp3) is 0.556. The number of thiazole rings is 1. The predicted molar refractivity (Wildman–Crippen MR) is 95.3 cm³/mol. The molecule has 1 aromatic carbocycles.